The molecule has 0 aromatic heterocycles. The number of hydrogen-bond acceptors (Lipinski definition) is 4. The number of carbonyl (C=O) groups excluding carboxylic acids is 2. The Balaban J connectivity index is 2.33. The van der Waals surface area contributed by atoms with E-state index in [2.05, 4.69) is 5.32 Å². The van der Waals surface area contributed by atoms with Crippen LogP contribution in [0.4, 0.5) is 0 Å². The van der Waals surface area contributed by atoms with E-state index in [1.807, 2.05) is 31.2 Å². The van der Waals surface area contributed by atoms with E-state index in [-0.39, 0.29) is 17.9 Å². The second-order valence-electron chi connectivity index (χ2n) is 4.60. The standard InChI is InChI=1S/C14H17NO4/c1-8-11(9-4-6-10(18-2)7-5-9)12(13(16)15-8)14(17)19-3/h4-8,11-12H,1-3H3,(H,15,16)/t8-,11+,12+/m0/s1. The number of benzene rings is 1. The van der Waals surface area contributed by atoms with Crippen molar-refractivity contribution in [1.82, 2.24) is 5.32 Å². The average Bonchev–Trinajstić information content (AvgIpc) is 2.72. The van der Waals surface area contributed by atoms with Crippen LogP contribution in [-0.2, 0) is 14.3 Å². The van der Waals surface area contributed by atoms with Crippen molar-refractivity contribution in [2.45, 2.75) is 18.9 Å². The predicted octanol–water partition coefficient (Wildman–Crippen LogP) is 1.09. The molecule has 1 aliphatic rings. The Morgan fingerprint density at radius 2 is 1.84 bits per heavy atom. The molecule has 1 N–H and O–H groups in total. The maximum Gasteiger partial charge on any atom is 0.318 e. The summed E-state index contributed by atoms with van der Waals surface area (Å²) in [6.07, 6.45) is 0. The highest BCUT2D eigenvalue weighted by Gasteiger charge is 2.46. The molecule has 1 saturated heterocycles. The first-order chi connectivity index (χ1) is 9.08. The fourth-order valence-corrected chi connectivity index (χ4v) is 2.54. The summed E-state index contributed by atoms with van der Waals surface area (Å²) in [6, 6.07) is 7.27. The van der Waals surface area contributed by atoms with Crippen LogP contribution in [0.25, 0.3) is 0 Å². The predicted molar refractivity (Wildman–Crippen MR) is 68.8 cm³/mol. The zero-order chi connectivity index (χ0) is 14.0. The number of amides is 1. The number of methoxy groups -OCH3 is 2. The normalized spacial score (nSPS) is 25.8. The Kier molecular flexibility index (Phi) is 3.74. The van der Waals surface area contributed by atoms with E-state index >= 15 is 0 Å². The fraction of sp³-hybridized carbons (Fsp3) is 0.429. The van der Waals surface area contributed by atoms with Gasteiger partial charge in [0.1, 0.15) is 11.7 Å². The Morgan fingerprint density at radius 3 is 2.37 bits per heavy atom. The van der Waals surface area contributed by atoms with Crippen molar-refractivity contribution in [2.24, 2.45) is 5.92 Å². The maximum atomic E-state index is 11.9. The zero-order valence-electron chi connectivity index (χ0n) is 11.2. The largest absolute Gasteiger partial charge is 0.497 e. The minimum atomic E-state index is -0.784. The smallest absolute Gasteiger partial charge is 0.318 e. The number of hydrogen-bond donors (Lipinski definition) is 1. The van der Waals surface area contributed by atoms with Gasteiger partial charge in [-0.2, -0.15) is 0 Å². The Labute approximate surface area is 111 Å². The number of carbonyl (C=O) groups is 2. The minimum absolute atomic E-state index is 0.106. The highest BCUT2D eigenvalue weighted by Crippen LogP contribution is 2.35. The third kappa shape index (κ3) is 2.41. The van der Waals surface area contributed by atoms with E-state index in [9.17, 15) is 9.59 Å². The topological polar surface area (TPSA) is 64.6 Å². The van der Waals surface area contributed by atoms with Crippen molar-refractivity contribution < 1.29 is 19.1 Å². The van der Waals surface area contributed by atoms with Crippen molar-refractivity contribution in [3.05, 3.63) is 29.8 Å². The molecular formula is C14H17NO4. The van der Waals surface area contributed by atoms with E-state index < -0.39 is 11.9 Å². The van der Waals surface area contributed by atoms with Crippen LogP contribution in [-0.4, -0.2) is 32.1 Å². The minimum Gasteiger partial charge on any atom is -0.497 e. The second-order valence-corrected chi connectivity index (χ2v) is 4.60. The van der Waals surface area contributed by atoms with E-state index in [1.165, 1.54) is 7.11 Å². The number of rotatable bonds is 3. The summed E-state index contributed by atoms with van der Waals surface area (Å²) >= 11 is 0. The van der Waals surface area contributed by atoms with Gasteiger partial charge in [-0.3, -0.25) is 9.59 Å². The van der Waals surface area contributed by atoms with Crippen molar-refractivity contribution >= 4 is 11.9 Å². The molecule has 19 heavy (non-hydrogen) atoms. The molecule has 102 valence electrons. The third-order valence-corrected chi connectivity index (χ3v) is 3.51. The van der Waals surface area contributed by atoms with Gasteiger partial charge in [0, 0.05) is 12.0 Å². The van der Waals surface area contributed by atoms with Gasteiger partial charge >= 0.3 is 5.97 Å². The van der Waals surface area contributed by atoms with Gasteiger partial charge in [0.25, 0.3) is 0 Å². The number of esters is 1. The van der Waals surface area contributed by atoms with Crippen molar-refractivity contribution in [3.63, 3.8) is 0 Å². The molecule has 1 fully saturated rings. The van der Waals surface area contributed by atoms with Crippen molar-refractivity contribution in [3.8, 4) is 5.75 Å². The van der Waals surface area contributed by atoms with Gasteiger partial charge in [0.15, 0.2) is 0 Å². The molecule has 1 heterocycles. The van der Waals surface area contributed by atoms with Crippen LogP contribution in [0.5, 0.6) is 5.75 Å². The van der Waals surface area contributed by atoms with Crippen LogP contribution in [0.2, 0.25) is 0 Å². The first-order valence-electron chi connectivity index (χ1n) is 6.10. The molecule has 0 spiro atoms. The molecule has 1 aromatic carbocycles. The molecule has 0 saturated carbocycles. The van der Waals surface area contributed by atoms with Crippen molar-refractivity contribution in [1.29, 1.82) is 0 Å². The van der Waals surface area contributed by atoms with E-state index in [4.69, 9.17) is 9.47 Å². The van der Waals surface area contributed by atoms with Gasteiger partial charge in [0.05, 0.1) is 14.2 Å². The average molecular weight is 263 g/mol. The summed E-state index contributed by atoms with van der Waals surface area (Å²) in [5, 5.41) is 2.79. The quantitative estimate of drug-likeness (QED) is 0.655. The third-order valence-electron chi connectivity index (χ3n) is 3.51. The Morgan fingerprint density at radius 1 is 1.21 bits per heavy atom. The Hall–Kier alpha value is -2.04. The molecule has 3 atom stereocenters. The molecule has 0 radical (unpaired) electrons. The number of nitrogens with one attached hydrogen (secondary N) is 1. The van der Waals surface area contributed by atoms with Crippen LogP contribution in [0, 0.1) is 5.92 Å². The first-order valence-corrected chi connectivity index (χ1v) is 6.10. The summed E-state index contributed by atoms with van der Waals surface area (Å²) in [5.74, 6) is -1.04. The summed E-state index contributed by atoms with van der Waals surface area (Å²) in [5.41, 5.74) is 0.919. The van der Waals surface area contributed by atoms with Gasteiger partial charge in [-0.25, -0.2) is 0 Å². The van der Waals surface area contributed by atoms with E-state index in [0.717, 1.165) is 11.3 Å². The van der Waals surface area contributed by atoms with Crippen LogP contribution in [0.15, 0.2) is 24.3 Å². The zero-order valence-corrected chi connectivity index (χ0v) is 11.2. The molecule has 1 aromatic rings. The summed E-state index contributed by atoms with van der Waals surface area (Å²) in [4.78, 5) is 23.6. The summed E-state index contributed by atoms with van der Waals surface area (Å²) in [7, 11) is 2.89. The molecule has 0 aliphatic carbocycles. The Bertz CT molecular complexity index is 475. The van der Waals surface area contributed by atoms with Gasteiger partial charge in [0.2, 0.25) is 5.91 Å². The second kappa shape index (κ2) is 5.30. The lowest BCUT2D eigenvalue weighted by Crippen LogP contribution is -2.28. The first kappa shape index (κ1) is 13.4. The van der Waals surface area contributed by atoms with Gasteiger partial charge in [-0.15, -0.1) is 0 Å². The molecule has 1 amide bonds. The van der Waals surface area contributed by atoms with E-state index in [1.54, 1.807) is 7.11 Å². The monoisotopic (exact) mass is 263 g/mol. The van der Waals surface area contributed by atoms with Crippen LogP contribution >= 0.6 is 0 Å². The van der Waals surface area contributed by atoms with E-state index in [0.29, 0.717) is 0 Å². The SMILES string of the molecule is COC(=O)[C@H]1C(=O)N[C@@H](C)[C@@H]1c1ccc(OC)cc1. The lowest BCUT2D eigenvalue weighted by Gasteiger charge is -2.19. The molecule has 1 aliphatic heterocycles. The van der Waals surface area contributed by atoms with Crippen LogP contribution in [0.1, 0.15) is 18.4 Å². The van der Waals surface area contributed by atoms with Gasteiger partial charge in [-0.05, 0) is 24.6 Å². The molecule has 2 rings (SSSR count). The molecule has 0 unspecified atom stereocenters. The molecular weight excluding hydrogens is 246 g/mol. The fourth-order valence-electron chi connectivity index (χ4n) is 2.54. The molecule has 5 nitrogen and oxygen atoms in total. The van der Waals surface area contributed by atoms with Crippen LogP contribution < -0.4 is 10.1 Å². The summed E-state index contributed by atoms with van der Waals surface area (Å²) in [6.45, 7) is 1.88. The van der Waals surface area contributed by atoms with Crippen molar-refractivity contribution in [2.75, 3.05) is 14.2 Å². The molecule has 0 bridgehead atoms. The lowest BCUT2D eigenvalue weighted by atomic mass is 9.84. The van der Waals surface area contributed by atoms with Gasteiger partial charge in [-0.1, -0.05) is 12.1 Å². The maximum absolute atomic E-state index is 11.9. The lowest BCUT2D eigenvalue weighted by molar-refractivity contribution is -0.149. The number of ether oxygens (including phenoxy) is 2. The van der Waals surface area contributed by atoms with Crippen LogP contribution in [0.3, 0.4) is 0 Å². The van der Waals surface area contributed by atoms with Gasteiger partial charge < -0.3 is 14.8 Å². The highest BCUT2D eigenvalue weighted by atomic mass is 16.5. The highest BCUT2D eigenvalue weighted by molar-refractivity contribution is 6.01. The molecule has 5 heteroatoms. The summed E-state index contributed by atoms with van der Waals surface area (Å²) < 4.78 is 9.83.